The molecule has 2 atom stereocenters. The minimum atomic E-state index is 0.429. The van der Waals surface area contributed by atoms with Crippen LogP contribution in [0.15, 0.2) is 0 Å². The van der Waals surface area contributed by atoms with Gasteiger partial charge in [-0.15, -0.1) is 11.3 Å². The maximum absolute atomic E-state index is 6.04. The van der Waals surface area contributed by atoms with Crippen LogP contribution < -0.4 is 16.0 Å². The second-order valence-corrected chi connectivity index (χ2v) is 7.91. The number of fused-ring (bicyclic) bond motifs is 4. The molecule has 3 aliphatic rings. The van der Waals surface area contributed by atoms with Crippen molar-refractivity contribution in [3.63, 3.8) is 0 Å². The zero-order valence-electron chi connectivity index (χ0n) is 12.6. The number of nitrogens with two attached hydrogens (primary N) is 1. The van der Waals surface area contributed by atoms with E-state index in [9.17, 15) is 0 Å². The van der Waals surface area contributed by atoms with E-state index in [1.165, 1.54) is 40.8 Å². The lowest BCUT2D eigenvalue weighted by Crippen LogP contribution is -2.30. The average Bonchev–Trinajstić information content (AvgIpc) is 3.18. The van der Waals surface area contributed by atoms with Gasteiger partial charge < -0.3 is 16.0 Å². The van der Waals surface area contributed by atoms with Gasteiger partial charge in [0.15, 0.2) is 5.82 Å². The fraction of sp³-hybridized carbons (Fsp3) is 0.625. The third-order valence-corrected chi connectivity index (χ3v) is 6.73. The van der Waals surface area contributed by atoms with Gasteiger partial charge in [-0.1, -0.05) is 0 Å². The maximum atomic E-state index is 6.04. The Hall–Kier alpha value is -1.40. The fourth-order valence-electron chi connectivity index (χ4n) is 4.35. The molecule has 0 saturated carbocycles. The first-order valence-electron chi connectivity index (χ1n) is 8.35. The van der Waals surface area contributed by atoms with Crippen molar-refractivity contribution in [2.24, 2.45) is 5.92 Å². The summed E-state index contributed by atoms with van der Waals surface area (Å²) in [6, 6.07) is 0.626. The fourth-order valence-corrected chi connectivity index (χ4v) is 5.70. The number of thiophene rings is 1. The van der Waals surface area contributed by atoms with Crippen molar-refractivity contribution in [1.29, 1.82) is 0 Å². The zero-order chi connectivity index (χ0) is 14.7. The van der Waals surface area contributed by atoms with Crippen LogP contribution in [-0.4, -0.2) is 35.6 Å². The second-order valence-electron chi connectivity index (χ2n) is 6.81. The van der Waals surface area contributed by atoms with Crippen LogP contribution >= 0.6 is 11.3 Å². The highest BCUT2D eigenvalue weighted by molar-refractivity contribution is 7.19. The van der Waals surface area contributed by atoms with Crippen LogP contribution in [0.4, 0.5) is 11.8 Å². The molecular weight excluding hydrogens is 294 g/mol. The van der Waals surface area contributed by atoms with E-state index < -0.39 is 0 Å². The van der Waals surface area contributed by atoms with Crippen molar-refractivity contribution >= 4 is 33.3 Å². The van der Waals surface area contributed by atoms with E-state index >= 15 is 0 Å². The number of hydrogen-bond acceptors (Lipinski definition) is 6. The summed E-state index contributed by atoms with van der Waals surface area (Å²) in [6.45, 7) is 3.32. The van der Waals surface area contributed by atoms with E-state index in [0.29, 0.717) is 12.0 Å². The molecule has 6 heteroatoms. The highest BCUT2D eigenvalue weighted by Gasteiger charge is 2.37. The molecule has 5 nitrogen and oxygen atoms in total. The normalized spacial score (nSPS) is 27.4. The summed E-state index contributed by atoms with van der Waals surface area (Å²) < 4.78 is 1.26. The smallest absolute Gasteiger partial charge is 0.222 e. The molecule has 4 heterocycles. The highest BCUT2D eigenvalue weighted by Crippen LogP contribution is 2.41. The van der Waals surface area contributed by atoms with Gasteiger partial charge in [-0.3, -0.25) is 0 Å². The molecule has 2 fully saturated rings. The van der Waals surface area contributed by atoms with Crippen molar-refractivity contribution < 1.29 is 0 Å². The van der Waals surface area contributed by atoms with Crippen LogP contribution in [0.2, 0.25) is 0 Å². The van der Waals surface area contributed by atoms with E-state index in [0.717, 1.165) is 43.3 Å². The second kappa shape index (κ2) is 4.80. The molecule has 1 aliphatic carbocycles. The van der Waals surface area contributed by atoms with Crippen LogP contribution in [-0.2, 0) is 12.8 Å². The van der Waals surface area contributed by atoms with Crippen molar-refractivity contribution in [3.8, 4) is 0 Å². The minimum absolute atomic E-state index is 0.429. The van der Waals surface area contributed by atoms with Crippen molar-refractivity contribution in [3.05, 3.63) is 10.4 Å². The van der Waals surface area contributed by atoms with Gasteiger partial charge in [-0.25, -0.2) is 4.98 Å². The molecular formula is C16H21N5S. The standard InChI is InChI=1S/C16H21N5S/c17-16-19-13-10-3-1-2-4-12(10)22-14(13)15(20-16)21-7-9-5-6-18-11(9)8-21/h9,11,18H,1-8H2,(H2,17,19,20)/t9-,11+/m1/s1. The van der Waals surface area contributed by atoms with Crippen LogP contribution in [0.1, 0.15) is 29.7 Å². The van der Waals surface area contributed by atoms with Crippen LogP contribution in [0.3, 0.4) is 0 Å². The topological polar surface area (TPSA) is 67.1 Å². The van der Waals surface area contributed by atoms with E-state index in [2.05, 4.69) is 20.2 Å². The van der Waals surface area contributed by atoms with Crippen LogP contribution in [0.5, 0.6) is 0 Å². The third-order valence-electron chi connectivity index (χ3n) is 5.46. The molecule has 5 rings (SSSR count). The molecule has 0 amide bonds. The Bertz CT molecular complexity index is 728. The Balaban J connectivity index is 1.62. The number of nitrogen functional groups attached to an aromatic ring is 1. The summed E-state index contributed by atoms with van der Waals surface area (Å²) in [5.41, 5.74) is 8.62. The Labute approximate surface area is 133 Å². The van der Waals surface area contributed by atoms with Crippen LogP contribution in [0.25, 0.3) is 10.2 Å². The lowest BCUT2D eigenvalue weighted by atomic mass is 9.98. The quantitative estimate of drug-likeness (QED) is 0.842. The highest BCUT2D eigenvalue weighted by atomic mass is 32.1. The van der Waals surface area contributed by atoms with E-state index in [1.54, 1.807) is 0 Å². The molecule has 2 aromatic heterocycles. The molecule has 0 spiro atoms. The van der Waals surface area contributed by atoms with Gasteiger partial charge >= 0.3 is 0 Å². The zero-order valence-corrected chi connectivity index (χ0v) is 13.5. The number of hydrogen-bond donors (Lipinski definition) is 2. The average molecular weight is 315 g/mol. The summed E-state index contributed by atoms with van der Waals surface area (Å²) in [7, 11) is 0. The summed E-state index contributed by atoms with van der Waals surface area (Å²) in [5, 5.41) is 3.62. The lowest BCUT2D eigenvalue weighted by Gasteiger charge is -2.19. The predicted molar refractivity (Wildman–Crippen MR) is 90.6 cm³/mol. The summed E-state index contributed by atoms with van der Waals surface area (Å²) >= 11 is 1.91. The number of anilines is 2. The largest absolute Gasteiger partial charge is 0.368 e. The molecule has 0 aromatic carbocycles. The number of nitrogens with zero attached hydrogens (tertiary/aromatic N) is 3. The third kappa shape index (κ3) is 1.86. The van der Waals surface area contributed by atoms with Gasteiger partial charge in [0, 0.05) is 24.0 Å². The summed E-state index contributed by atoms with van der Waals surface area (Å²) in [5.74, 6) is 2.28. The molecule has 2 aromatic rings. The number of nitrogens with one attached hydrogen (secondary N) is 1. The van der Waals surface area contributed by atoms with E-state index in [1.807, 2.05) is 11.3 Å². The molecule has 22 heavy (non-hydrogen) atoms. The molecule has 0 radical (unpaired) electrons. The Kier molecular flexibility index (Phi) is 2.85. The lowest BCUT2D eigenvalue weighted by molar-refractivity contribution is 0.556. The first kappa shape index (κ1) is 13.1. The predicted octanol–water partition coefficient (Wildman–Crippen LogP) is 1.95. The number of rotatable bonds is 1. The Morgan fingerprint density at radius 3 is 3.00 bits per heavy atom. The van der Waals surface area contributed by atoms with Gasteiger partial charge in [0.2, 0.25) is 5.95 Å². The van der Waals surface area contributed by atoms with Gasteiger partial charge in [0.1, 0.15) is 0 Å². The van der Waals surface area contributed by atoms with Gasteiger partial charge in [-0.2, -0.15) is 4.98 Å². The van der Waals surface area contributed by atoms with E-state index in [4.69, 9.17) is 5.73 Å². The minimum Gasteiger partial charge on any atom is -0.368 e. The maximum Gasteiger partial charge on any atom is 0.222 e. The molecule has 116 valence electrons. The summed E-state index contributed by atoms with van der Waals surface area (Å²) in [4.78, 5) is 13.2. The van der Waals surface area contributed by atoms with E-state index in [-0.39, 0.29) is 0 Å². The molecule has 3 N–H and O–H groups in total. The van der Waals surface area contributed by atoms with Crippen molar-refractivity contribution in [1.82, 2.24) is 15.3 Å². The van der Waals surface area contributed by atoms with Crippen LogP contribution in [0, 0.1) is 5.92 Å². The monoisotopic (exact) mass is 315 g/mol. The first-order chi connectivity index (χ1) is 10.8. The Morgan fingerprint density at radius 1 is 1.18 bits per heavy atom. The van der Waals surface area contributed by atoms with Crippen molar-refractivity contribution in [2.75, 3.05) is 30.3 Å². The SMILES string of the molecule is Nc1nc(N2C[C@H]3CCN[C@H]3C2)c2sc3c(c2n1)CCCC3. The van der Waals surface area contributed by atoms with Gasteiger partial charge in [-0.05, 0) is 50.1 Å². The summed E-state index contributed by atoms with van der Waals surface area (Å²) in [6.07, 6.45) is 6.21. The number of aryl methyl sites for hydroxylation is 2. The molecule has 2 aliphatic heterocycles. The Morgan fingerprint density at radius 2 is 2.09 bits per heavy atom. The van der Waals surface area contributed by atoms with Gasteiger partial charge in [0.05, 0.1) is 10.2 Å². The molecule has 2 saturated heterocycles. The molecule has 0 unspecified atom stereocenters. The first-order valence-corrected chi connectivity index (χ1v) is 9.17. The molecule has 0 bridgehead atoms. The van der Waals surface area contributed by atoms with Gasteiger partial charge in [0.25, 0.3) is 0 Å². The van der Waals surface area contributed by atoms with Crippen molar-refractivity contribution in [2.45, 2.75) is 38.1 Å². The number of aromatic nitrogens is 2.